The van der Waals surface area contributed by atoms with Crippen molar-refractivity contribution in [2.45, 2.75) is 25.7 Å². The molecule has 0 aromatic heterocycles. The molecule has 2 aromatic rings. The van der Waals surface area contributed by atoms with E-state index >= 15 is 0 Å². The Morgan fingerprint density at radius 1 is 1.00 bits per heavy atom. The van der Waals surface area contributed by atoms with Crippen molar-refractivity contribution in [2.24, 2.45) is 0 Å². The normalized spacial score (nSPS) is 12.4. The fourth-order valence-corrected chi connectivity index (χ4v) is 3.18. The van der Waals surface area contributed by atoms with Gasteiger partial charge in [0.25, 0.3) is 0 Å². The second kappa shape index (κ2) is 7.30. The topological polar surface area (TPSA) is 55.4 Å². The Kier molecular flexibility index (Phi) is 4.94. The van der Waals surface area contributed by atoms with Crippen LogP contribution in [-0.2, 0) is 9.53 Å². The van der Waals surface area contributed by atoms with Crippen LogP contribution in [-0.4, -0.2) is 25.0 Å². The molecule has 0 bridgehead atoms. The lowest BCUT2D eigenvalue weighted by molar-refractivity contribution is -0.117. The summed E-state index contributed by atoms with van der Waals surface area (Å²) >= 11 is 0. The number of alkyl carbamates (subject to hydrolysis) is 1. The van der Waals surface area contributed by atoms with E-state index in [4.69, 9.17) is 4.74 Å². The average Bonchev–Trinajstić information content (AvgIpc) is 2.91. The fraction of sp³-hybridized carbons (Fsp3) is 0.300. The molecule has 24 heavy (non-hydrogen) atoms. The molecule has 124 valence electrons. The summed E-state index contributed by atoms with van der Waals surface area (Å²) in [6.45, 7) is 2.32. The Morgan fingerprint density at radius 3 is 2.17 bits per heavy atom. The van der Waals surface area contributed by atoms with Gasteiger partial charge < -0.3 is 14.8 Å². The molecule has 1 aliphatic carbocycles. The van der Waals surface area contributed by atoms with E-state index in [0.717, 1.165) is 0 Å². The summed E-state index contributed by atoms with van der Waals surface area (Å²) in [6, 6.07) is 16.5. The van der Waals surface area contributed by atoms with Crippen LogP contribution in [0.1, 0.15) is 36.8 Å². The molecule has 1 N–H and O–H groups in total. The number of benzene rings is 2. The number of carbonyl (C=O) groups excluding carboxylic acids is 2. The van der Waals surface area contributed by atoms with Crippen LogP contribution in [0.2, 0.25) is 0 Å². The third-order valence-electron chi connectivity index (χ3n) is 4.32. The first-order valence-electron chi connectivity index (χ1n) is 8.25. The highest BCUT2D eigenvalue weighted by Gasteiger charge is 2.28. The molecule has 0 saturated heterocycles. The van der Waals surface area contributed by atoms with Crippen LogP contribution in [0.5, 0.6) is 0 Å². The van der Waals surface area contributed by atoms with Gasteiger partial charge in [-0.25, -0.2) is 4.79 Å². The Bertz CT molecular complexity index is 709. The maximum Gasteiger partial charge on any atom is 0.407 e. The Labute approximate surface area is 141 Å². The molecular formula is C20H21NO3. The minimum Gasteiger partial charge on any atom is -0.449 e. The van der Waals surface area contributed by atoms with Gasteiger partial charge >= 0.3 is 6.09 Å². The van der Waals surface area contributed by atoms with E-state index in [2.05, 4.69) is 29.6 Å². The van der Waals surface area contributed by atoms with Crippen LogP contribution in [0, 0.1) is 0 Å². The summed E-state index contributed by atoms with van der Waals surface area (Å²) in [5.74, 6) is 0.199. The largest absolute Gasteiger partial charge is 0.449 e. The lowest BCUT2D eigenvalue weighted by atomic mass is 9.98. The molecule has 0 heterocycles. The average molecular weight is 323 g/mol. The number of nitrogens with one attached hydrogen (secondary N) is 1. The summed E-state index contributed by atoms with van der Waals surface area (Å²) in [6.07, 6.45) is 0.684. The van der Waals surface area contributed by atoms with Crippen LogP contribution in [0.15, 0.2) is 48.5 Å². The van der Waals surface area contributed by atoms with Crippen molar-refractivity contribution in [1.29, 1.82) is 0 Å². The third kappa shape index (κ3) is 3.48. The van der Waals surface area contributed by atoms with Crippen LogP contribution < -0.4 is 5.32 Å². The number of fused-ring (bicyclic) bond motifs is 3. The van der Waals surface area contributed by atoms with Crippen molar-refractivity contribution in [3.05, 3.63) is 59.7 Å². The number of amides is 1. The summed E-state index contributed by atoms with van der Waals surface area (Å²) in [7, 11) is 0. The molecule has 0 spiro atoms. The molecule has 0 saturated carbocycles. The Morgan fingerprint density at radius 2 is 1.58 bits per heavy atom. The van der Waals surface area contributed by atoms with Crippen molar-refractivity contribution in [1.82, 2.24) is 5.32 Å². The standard InChI is InChI=1S/C20H21NO3/c1-14(22)7-6-12-21-20(23)24-13-19-17-10-4-2-8-15(17)16-9-3-5-11-18(16)19/h2-5,8-11,19H,6-7,12-13H2,1H3,(H,21,23). The highest BCUT2D eigenvalue weighted by molar-refractivity contribution is 5.79. The molecule has 0 unspecified atom stereocenters. The molecule has 0 radical (unpaired) electrons. The van der Waals surface area contributed by atoms with Crippen molar-refractivity contribution < 1.29 is 14.3 Å². The van der Waals surface area contributed by atoms with Crippen LogP contribution in [0.4, 0.5) is 4.79 Å². The highest BCUT2D eigenvalue weighted by Crippen LogP contribution is 2.44. The van der Waals surface area contributed by atoms with E-state index < -0.39 is 6.09 Å². The van der Waals surface area contributed by atoms with Gasteiger partial charge in [0.15, 0.2) is 0 Å². The first-order chi connectivity index (χ1) is 11.7. The predicted molar refractivity (Wildman–Crippen MR) is 93.0 cm³/mol. The van der Waals surface area contributed by atoms with Crippen LogP contribution in [0.25, 0.3) is 11.1 Å². The number of ketones is 1. The van der Waals surface area contributed by atoms with E-state index in [-0.39, 0.29) is 11.7 Å². The van der Waals surface area contributed by atoms with Gasteiger partial charge in [-0.05, 0) is 35.6 Å². The van der Waals surface area contributed by atoms with Gasteiger partial charge in [0, 0.05) is 18.9 Å². The third-order valence-corrected chi connectivity index (χ3v) is 4.32. The lowest BCUT2D eigenvalue weighted by Crippen LogP contribution is -2.27. The van der Waals surface area contributed by atoms with E-state index in [1.54, 1.807) is 6.92 Å². The van der Waals surface area contributed by atoms with Crippen molar-refractivity contribution in [3.8, 4) is 11.1 Å². The number of hydrogen-bond acceptors (Lipinski definition) is 3. The lowest BCUT2D eigenvalue weighted by Gasteiger charge is -2.14. The Hall–Kier alpha value is -2.62. The maximum atomic E-state index is 11.9. The molecule has 4 nitrogen and oxygen atoms in total. The molecule has 3 rings (SSSR count). The van der Waals surface area contributed by atoms with Crippen LogP contribution >= 0.6 is 0 Å². The maximum absolute atomic E-state index is 11.9. The zero-order chi connectivity index (χ0) is 16.9. The van der Waals surface area contributed by atoms with Crippen molar-refractivity contribution in [2.75, 3.05) is 13.2 Å². The summed E-state index contributed by atoms with van der Waals surface area (Å²) in [5, 5.41) is 2.70. The minimum absolute atomic E-state index is 0.0698. The van der Waals surface area contributed by atoms with E-state index in [1.807, 2.05) is 24.3 Å². The van der Waals surface area contributed by atoms with E-state index in [1.165, 1.54) is 22.3 Å². The highest BCUT2D eigenvalue weighted by atomic mass is 16.5. The molecule has 1 aliphatic rings. The van der Waals surface area contributed by atoms with Crippen molar-refractivity contribution >= 4 is 11.9 Å². The first kappa shape index (κ1) is 16.2. The van der Waals surface area contributed by atoms with Gasteiger partial charge in [0.1, 0.15) is 12.4 Å². The van der Waals surface area contributed by atoms with Crippen molar-refractivity contribution in [3.63, 3.8) is 0 Å². The number of rotatable bonds is 6. The molecule has 0 fully saturated rings. The fourth-order valence-electron chi connectivity index (χ4n) is 3.18. The van der Waals surface area contributed by atoms with Gasteiger partial charge in [0.2, 0.25) is 0 Å². The molecule has 1 amide bonds. The smallest absolute Gasteiger partial charge is 0.407 e. The van der Waals surface area contributed by atoms with E-state index in [0.29, 0.717) is 26.0 Å². The van der Waals surface area contributed by atoms with E-state index in [9.17, 15) is 9.59 Å². The van der Waals surface area contributed by atoms with Gasteiger partial charge in [-0.2, -0.15) is 0 Å². The predicted octanol–water partition coefficient (Wildman–Crippen LogP) is 3.89. The molecule has 4 heteroatoms. The molecular weight excluding hydrogens is 302 g/mol. The minimum atomic E-state index is -0.430. The molecule has 0 aliphatic heterocycles. The molecule has 0 atom stereocenters. The number of Topliss-reactive ketones (excluding diaryl/α,β-unsaturated/α-hetero) is 1. The van der Waals surface area contributed by atoms with Crippen LogP contribution in [0.3, 0.4) is 0 Å². The van der Waals surface area contributed by atoms with Gasteiger partial charge in [-0.1, -0.05) is 48.5 Å². The zero-order valence-corrected chi connectivity index (χ0v) is 13.7. The van der Waals surface area contributed by atoms with Gasteiger partial charge in [-0.15, -0.1) is 0 Å². The molecule has 2 aromatic carbocycles. The number of ether oxygens (including phenoxy) is 1. The second-order valence-electron chi connectivity index (χ2n) is 6.06. The summed E-state index contributed by atoms with van der Waals surface area (Å²) in [5.41, 5.74) is 4.82. The summed E-state index contributed by atoms with van der Waals surface area (Å²) in [4.78, 5) is 22.7. The SMILES string of the molecule is CC(=O)CCCNC(=O)OCC1c2ccccc2-c2ccccc21. The summed E-state index contributed by atoms with van der Waals surface area (Å²) < 4.78 is 5.41. The monoisotopic (exact) mass is 323 g/mol. The zero-order valence-electron chi connectivity index (χ0n) is 13.7. The number of hydrogen-bond donors (Lipinski definition) is 1. The van der Waals surface area contributed by atoms with Gasteiger partial charge in [0.05, 0.1) is 0 Å². The second-order valence-corrected chi connectivity index (χ2v) is 6.06. The Balaban J connectivity index is 1.61. The quantitative estimate of drug-likeness (QED) is 0.820. The first-order valence-corrected chi connectivity index (χ1v) is 8.25. The van der Waals surface area contributed by atoms with Gasteiger partial charge in [-0.3, -0.25) is 0 Å². The number of carbonyl (C=O) groups is 2.